The number of methoxy groups -OCH3 is 4. The monoisotopic (exact) mass is 386 g/mol. The molecule has 0 aromatic heterocycles. The third-order valence-corrected chi connectivity index (χ3v) is 5.16. The van der Waals surface area contributed by atoms with Crippen molar-refractivity contribution in [2.75, 3.05) is 54.6 Å². The number of hydrogen-bond acceptors (Lipinski definition) is 6. The number of hydrogen-bond donors (Lipinski definition) is 0. The summed E-state index contributed by atoms with van der Waals surface area (Å²) in [5, 5.41) is 0. The Labute approximate surface area is 167 Å². The van der Waals surface area contributed by atoms with Crippen molar-refractivity contribution in [2.24, 2.45) is 0 Å². The zero-order valence-corrected chi connectivity index (χ0v) is 17.2. The predicted octanol–water partition coefficient (Wildman–Crippen LogP) is 3.04. The molecule has 152 valence electrons. The molecule has 0 unspecified atom stereocenters. The van der Waals surface area contributed by atoms with E-state index in [1.54, 1.807) is 28.4 Å². The molecule has 1 heterocycles. The van der Waals surface area contributed by atoms with E-state index in [2.05, 4.69) is 28.0 Å². The highest BCUT2D eigenvalue weighted by molar-refractivity contribution is 5.40. The number of nitrogens with zero attached hydrogens (tertiary/aromatic N) is 2. The number of benzene rings is 2. The molecule has 2 aromatic rings. The van der Waals surface area contributed by atoms with E-state index in [-0.39, 0.29) is 0 Å². The van der Waals surface area contributed by atoms with Gasteiger partial charge in [-0.05, 0) is 35.9 Å². The molecular weight excluding hydrogens is 356 g/mol. The normalized spacial score (nSPS) is 15.3. The van der Waals surface area contributed by atoms with Crippen molar-refractivity contribution < 1.29 is 18.9 Å². The molecule has 6 heteroatoms. The molecule has 0 radical (unpaired) electrons. The number of ether oxygens (including phenoxy) is 4. The van der Waals surface area contributed by atoms with E-state index < -0.39 is 0 Å². The van der Waals surface area contributed by atoms with Gasteiger partial charge < -0.3 is 18.9 Å². The standard InChI is InChI=1S/C22H30N2O4/c1-25-19-5-6-22(28-4)18(13-19)16-24-9-7-23(8-10-24)15-17-11-20(26-2)14-21(12-17)27-3/h5-6,11-14H,7-10,15-16H2,1-4H3. The topological polar surface area (TPSA) is 43.4 Å². The van der Waals surface area contributed by atoms with Gasteiger partial charge in [0.1, 0.15) is 23.0 Å². The molecule has 6 nitrogen and oxygen atoms in total. The third-order valence-electron chi connectivity index (χ3n) is 5.16. The van der Waals surface area contributed by atoms with Crippen molar-refractivity contribution in [3.63, 3.8) is 0 Å². The second-order valence-electron chi connectivity index (χ2n) is 6.95. The van der Waals surface area contributed by atoms with Gasteiger partial charge in [-0.2, -0.15) is 0 Å². The fourth-order valence-electron chi connectivity index (χ4n) is 3.57. The van der Waals surface area contributed by atoms with Crippen LogP contribution in [0.5, 0.6) is 23.0 Å². The maximum Gasteiger partial charge on any atom is 0.123 e. The van der Waals surface area contributed by atoms with Crippen molar-refractivity contribution in [1.82, 2.24) is 9.80 Å². The summed E-state index contributed by atoms with van der Waals surface area (Å²) in [6.45, 7) is 5.83. The first-order valence-electron chi connectivity index (χ1n) is 9.52. The Hall–Kier alpha value is -2.44. The van der Waals surface area contributed by atoms with E-state index in [1.807, 2.05) is 18.2 Å². The van der Waals surface area contributed by atoms with Gasteiger partial charge >= 0.3 is 0 Å². The van der Waals surface area contributed by atoms with Crippen LogP contribution in [0, 0.1) is 0 Å². The van der Waals surface area contributed by atoms with E-state index in [0.717, 1.165) is 67.8 Å². The summed E-state index contributed by atoms with van der Waals surface area (Å²) in [6.07, 6.45) is 0. The Morgan fingerprint density at radius 3 is 1.75 bits per heavy atom. The van der Waals surface area contributed by atoms with Gasteiger partial charge in [0.15, 0.2) is 0 Å². The van der Waals surface area contributed by atoms with Crippen LogP contribution in [0.25, 0.3) is 0 Å². The molecule has 0 amide bonds. The third kappa shape index (κ3) is 5.09. The molecule has 1 aliphatic rings. The maximum atomic E-state index is 5.51. The van der Waals surface area contributed by atoms with E-state index >= 15 is 0 Å². The van der Waals surface area contributed by atoms with Crippen LogP contribution in [0.2, 0.25) is 0 Å². The van der Waals surface area contributed by atoms with Gasteiger partial charge in [-0.15, -0.1) is 0 Å². The summed E-state index contributed by atoms with van der Waals surface area (Å²) in [6, 6.07) is 12.0. The highest BCUT2D eigenvalue weighted by Gasteiger charge is 2.19. The van der Waals surface area contributed by atoms with Crippen molar-refractivity contribution >= 4 is 0 Å². The average Bonchev–Trinajstić information content (AvgIpc) is 2.74. The molecule has 1 saturated heterocycles. The van der Waals surface area contributed by atoms with Crippen molar-refractivity contribution in [3.05, 3.63) is 47.5 Å². The fraction of sp³-hybridized carbons (Fsp3) is 0.455. The van der Waals surface area contributed by atoms with Gasteiger partial charge in [-0.1, -0.05) is 0 Å². The Morgan fingerprint density at radius 1 is 0.643 bits per heavy atom. The van der Waals surface area contributed by atoms with Crippen molar-refractivity contribution in [3.8, 4) is 23.0 Å². The smallest absolute Gasteiger partial charge is 0.123 e. The highest BCUT2D eigenvalue weighted by atomic mass is 16.5. The quantitative estimate of drug-likeness (QED) is 0.695. The molecule has 3 rings (SSSR count). The first-order chi connectivity index (χ1) is 13.6. The SMILES string of the molecule is COc1cc(CN2CCN(Cc3cc(OC)ccc3OC)CC2)cc(OC)c1. The highest BCUT2D eigenvalue weighted by Crippen LogP contribution is 2.26. The lowest BCUT2D eigenvalue weighted by atomic mass is 10.1. The Balaban J connectivity index is 1.58. The number of rotatable bonds is 8. The summed E-state index contributed by atoms with van der Waals surface area (Å²) in [5.41, 5.74) is 2.37. The average molecular weight is 386 g/mol. The molecule has 2 aromatic carbocycles. The van der Waals surface area contributed by atoms with Gasteiger partial charge in [-0.25, -0.2) is 0 Å². The van der Waals surface area contributed by atoms with Crippen LogP contribution < -0.4 is 18.9 Å². The molecule has 0 bridgehead atoms. The van der Waals surface area contributed by atoms with Gasteiger partial charge in [0.05, 0.1) is 28.4 Å². The summed E-state index contributed by atoms with van der Waals surface area (Å²) in [7, 11) is 6.78. The molecule has 0 spiro atoms. The zero-order chi connectivity index (χ0) is 19.9. The fourth-order valence-corrected chi connectivity index (χ4v) is 3.57. The zero-order valence-electron chi connectivity index (χ0n) is 17.2. The summed E-state index contributed by atoms with van der Waals surface area (Å²) in [5.74, 6) is 3.43. The van der Waals surface area contributed by atoms with Gasteiger partial charge in [0, 0.05) is 50.9 Å². The minimum absolute atomic E-state index is 0.832. The number of piperazine rings is 1. The predicted molar refractivity (Wildman–Crippen MR) is 110 cm³/mol. The summed E-state index contributed by atoms with van der Waals surface area (Å²) in [4.78, 5) is 4.92. The van der Waals surface area contributed by atoms with Crippen LogP contribution in [-0.2, 0) is 13.1 Å². The first-order valence-corrected chi connectivity index (χ1v) is 9.52. The second-order valence-corrected chi connectivity index (χ2v) is 6.95. The molecule has 28 heavy (non-hydrogen) atoms. The van der Waals surface area contributed by atoms with Crippen LogP contribution in [0.3, 0.4) is 0 Å². The van der Waals surface area contributed by atoms with Gasteiger partial charge in [-0.3, -0.25) is 9.80 Å². The summed E-state index contributed by atoms with van der Waals surface area (Å²) >= 11 is 0. The van der Waals surface area contributed by atoms with Crippen LogP contribution >= 0.6 is 0 Å². The molecular formula is C22H30N2O4. The molecule has 1 aliphatic heterocycles. The molecule has 0 saturated carbocycles. The van der Waals surface area contributed by atoms with E-state index in [0.29, 0.717) is 0 Å². The van der Waals surface area contributed by atoms with E-state index in [9.17, 15) is 0 Å². The van der Waals surface area contributed by atoms with Crippen LogP contribution in [0.4, 0.5) is 0 Å². The first kappa shape index (κ1) is 20.3. The largest absolute Gasteiger partial charge is 0.497 e. The van der Waals surface area contributed by atoms with E-state index in [1.165, 1.54) is 5.56 Å². The molecule has 0 N–H and O–H groups in total. The maximum absolute atomic E-state index is 5.51. The van der Waals surface area contributed by atoms with Crippen molar-refractivity contribution in [2.45, 2.75) is 13.1 Å². The van der Waals surface area contributed by atoms with Crippen LogP contribution in [-0.4, -0.2) is 64.4 Å². The lowest BCUT2D eigenvalue weighted by Crippen LogP contribution is -2.45. The van der Waals surface area contributed by atoms with Gasteiger partial charge in [0.25, 0.3) is 0 Å². The lowest BCUT2D eigenvalue weighted by molar-refractivity contribution is 0.121. The second kappa shape index (κ2) is 9.66. The molecule has 1 fully saturated rings. The van der Waals surface area contributed by atoms with Crippen LogP contribution in [0.1, 0.15) is 11.1 Å². The Morgan fingerprint density at radius 2 is 1.21 bits per heavy atom. The van der Waals surface area contributed by atoms with E-state index in [4.69, 9.17) is 18.9 Å². The Kier molecular flexibility index (Phi) is 7.01. The van der Waals surface area contributed by atoms with Gasteiger partial charge in [0.2, 0.25) is 0 Å². The van der Waals surface area contributed by atoms with Crippen LogP contribution in [0.15, 0.2) is 36.4 Å². The van der Waals surface area contributed by atoms with Crippen molar-refractivity contribution in [1.29, 1.82) is 0 Å². The minimum atomic E-state index is 0.832. The molecule has 0 aliphatic carbocycles. The summed E-state index contributed by atoms with van der Waals surface area (Å²) < 4.78 is 21.6. The molecule has 0 atom stereocenters. The Bertz CT molecular complexity index is 751. The minimum Gasteiger partial charge on any atom is -0.497 e. The lowest BCUT2D eigenvalue weighted by Gasteiger charge is -2.35.